The second-order valence-electron chi connectivity index (χ2n) is 12.1. The van der Waals surface area contributed by atoms with E-state index in [9.17, 15) is 14.4 Å². The third-order valence-corrected chi connectivity index (χ3v) is 7.79. The molecule has 0 aliphatic carbocycles. The first-order valence-corrected chi connectivity index (χ1v) is 15.6. The van der Waals surface area contributed by atoms with E-state index < -0.39 is 6.04 Å². The summed E-state index contributed by atoms with van der Waals surface area (Å²) in [6.07, 6.45) is 0.670. The fourth-order valence-corrected chi connectivity index (χ4v) is 5.60. The molecule has 0 spiro atoms. The Morgan fingerprint density at radius 3 is 2.07 bits per heavy atom. The van der Waals surface area contributed by atoms with Crippen molar-refractivity contribution in [1.29, 1.82) is 0 Å². The Morgan fingerprint density at radius 1 is 0.886 bits per heavy atom. The van der Waals surface area contributed by atoms with Gasteiger partial charge in [0.25, 0.3) is 0 Å². The van der Waals surface area contributed by atoms with E-state index in [2.05, 4.69) is 37.9 Å². The van der Waals surface area contributed by atoms with E-state index in [1.807, 2.05) is 85.8 Å². The molecule has 7 nitrogen and oxygen atoms in total. The molecule has 3 aromatic carbocycles. The molecular weight excluding hydrogens is 550 g/mol. The molecule has 0 bridgehead atoms. The molecule has 2 atom stereocenters. The van der Waals surface area contributed by atoms with Crippen molar-refractivity contribution >= 4 is 17.6 Å². The van der Waals surface area contributed by atoms with Crippen molar-refractivity contribution in [2.75, 3.05) is 19.6 Å². The van der Waals surface area contributed by atoms with Gasteiger partial charge in [0, 0.05) is 31.7 Å². The summed E-state index contributed by atoms with van der Waals surface area (Å²) < 4.78 is 6.07. The van der Waals surface area contributed by atoms with Crippen molar-refractivity contribution in [3.05, 3.63) is 101 Å². The maximum Gasteiger partial charge on any atom is 0.247 e. The fraction of sp³-hybridized carbons (Fsp3) is 0.432. The zero-order chi connectivity index (χ0) is 32.2. The highest BCUT2D eigenvalue weighted by Crippen LogP contribution is 2.35. The number of ether oxygens (including phenoxy) is 1. The van der Waals surface area contributed by atoms with Crippen LogP contribution >= 0.6 is 0 Å². The molecule has 2 amide bonds. The van der Waals surface area contributed by atoms with Crippen LogP contribution < -0.4 is 10.1 Å². The van der Waals surface area contributed by atoms with Crippen LogP contribution in [0.4, 0.5) is 0 Å². The van der Waals surface area contributed by atoms with Crippen LogP contribution in [-0.4, -0.2) is 59.1 Å². The Kier molecular flexibility index (Phi) is 13.2. The number of nitrogens with one attached hydrogen (secondary N) is 1. The first kappa shape index (κ1) is 34.5. The molecule has 0 saturated heterocycles. The lowest BCUT2D eigenvalue weighted by atomic mass is 9.89. The van der Waals surface area contributed by atoms with Gasteiger partial charge in [-0.05, 0) is 89.3 Å². The van der Waals surface area contributed by atoms with Crippen LogP contribution in [0.25, 0.3) is 0 Å². The van der Waals surface area contributed by atoms with Crippen molar-refractivity contribution in [3.8, 4) is 5.75 Å². The van der Waals surface area contributed by atoms with Crippen molar-refractivity contribution in [1.82, 2.24) is 15.1 Å². The van der Waals surface area contributed by atoms with Gasteiger partial charge in [-0.1, -0.05) is 66.7 Å². The number of rotatable bonds is 11. The second kappa shape index (κ2) is 16.8. The highest BCUT2D eigenvalue weighted by Gasteiger charge is 2.38. The monoisotopic (exact) mass is 599 g/mol. The molecule has 0 aromatic heterocycles. The molecule has 7 heteroatoms. The number of amides is 2. The highest BCUT2D eigenvalue weighted by molar-refractivity contribution is 5.92. The SMILES string of the molecule is CC(C(=O)N1CCc2cc(OCc3ccccc3)ccc2C1C(=O)NCCN(C(C)C)C(C)C)c1ccccc1.CC(C)=O. The second-order valence-corrected chi connectivity index (χ2v) is 12.1. The van der Waals surface area contributed by atoms with Crippen LogP contribution in [0.2, 0.25) is 0 Å². The number of Topliss-reactive ketones (excluding diaryl/α,β-unsaturated/α-hetero) is 1. The minimum atomic E-state index is -0.683. The summed E-state index contributed by atoms with van der Waals surface area (Å²) in [6.45, 7) is 15.9. The first-order chi connectivity index (χ1) is 21.0. The molecular formula is C37H49N3O4. The summed E-state index contributed by atoms with van der Waals surface area (Å²) in [5, 5.41) is 3.15. The van der Waals surface area contributed by atoms with Gasteiger partial charge in [0.2, 0.25) is 11.8 Å². The number of hydrogen-bond acceptors (Lipinski definition) is 5. The zero-order valence-corrected chi connectivity index (χ0v) is 27.4. The zero-order valence-electron chi connectivity index (χ0n) is 27.4. The van der Waals surface area contributed by atoms with Crippen LogP contribution in [-0.2, 0) is 27.4 Å². The molecule has 1 aliphatic heterocycles. The van der Waals surface area contributed by atoms with E-state index in [1.165, 1.54) is 13.8 Å². The highest BCUT2D eigenvalue weighted by atomic mass is 16.5. The molecule has 1 N–H and O–H groups in total. The molecule has 3 aromatic rings. The normalized spacial score (nSPS) is 14.9. The minimum Gasteiger partial charge on any atom is -0.489 e. The molecule has 0 fully saturated rings. The molecule has 0 radical (unpaired) electrons. The molecule has 1 aliphatic rings. The van der Waals surface area contributed by atoms with Gasteiger partial charge in [0.05, 0.1) is 5.92 Å². The fourth-order valence-electron chi connectivity index (χ4n) is 5.60. The predicted octanol–water partition coefficient (Wildman–Crippen LogP) is 6.33. The predicted molar refractivity (Wildman–Crippen MR) is 177 cm³/mol. The Bertz CT molecular complexity index is 1350. The lowest BCUT2D eigenvalue weighted by Gasteiger charge is -2.38. The number of carbonyl (C=O) groups excluding carboxylic acids is 3. The molecule has 4 rings (SSSR count). The van der Waals surface area contributed by atoms with Gasteiger partial charge < -0.3 is 19.7 Å². The van der Waals surface area contributed by atoms with Crippen molar-refractivity contribution in [2.45, 2.75) is 85.5 Å². The molecule has 2 unspecified atom stereocenters. The standard InChI is InChI=1S/C34H43N3O3.C3H6O/c1-24(2)36(25(3)4)21-19-35-33(38)32-31-17-16-30(40-23-27-12-8-6-9-13-27)22-29(31)18-20-37(32)34(39)26(5)28-14-10-7-11-15-28;1-3(2)4/h6-17,22,24-26,32H,18-21,23H2,1-5H3,(H,35,38);1-2H3. The third-order valence-electron chi connectivity index (χ3n) is 7.79. The number of hydrogen-bond donors (Lipinski definition) is 1. The smallest absolute Gasteiger partial charge is 0.247 e. The van der Waals surface area contributed by atoms with Gasteiger partial charge in [-0.2, -0.15) is 0 Å². The van der Waals surface area contributed by atoms with Crippen LogP contribution in [0.15, 0.2) is 78.9 Å². The summed E-state index contributed by atoms with van der Waals surface area (Å²) in [5.74, 6) is 0.417. The van der Waals surface area contributed by atoms with Gasteiger partial charge in [-0.3, -0.25) is 14.5 Å². The van der Waals surface area contributed by atoms with E-state index in [-0.39, 0.29) is 23.5 Å². The maximum atomic E-state index is 13.8. The van der Waals surface area contributed by atoms with Gasteiger partial charge in [0.1, 0.15) is 24.2 Å². The number of carbonyl (C=O) groups is 3. The van der Waals surface area contributed by atoms with Gasteiger partial charge in [0.15, 0.2) is 0 Å². The number of nitrogens with zero attached hydrogens (tertiary/aromatic N) is 2. The Labute approximate surface area is 263 Å². The van der Waals surface area contributed by atoms with Gasteiger partial charge in [-0.15, -0.1) is 0 Å². The van der Waals surface area contributed by atoms with Gasteiger partial charge >= 0.3 is 0 Å². The van der Waals surface area contributed by atoms with E-state index in [0.29, 0.717) is 38.2 Å². The Hall–Kier alpha value is -3.97. The average Bonchev–Trinajstić information content (AvgIpc) is 3.00. The van der Waals surface area contributed by atoms with Crippen LogP contribution in [0.5, 0.6) is 5.75 Å². The van der Waals surface area contributed by atoms with Crippen molar-refractivity contribution in [3.63, 3.8) is 0 Å². The maximum absolute atomic E-state index is 13.8. The van der Waals surface area contributed by atoms with Crippen LogP contribution in [0.3, 0.4) is 0 Å². The summed E-state index contributed by atoms with van der Waals surface area (Å²) in [7, 11) is 0. The number of ketones is 1. The van der Waals surface area contributed by atoms with Crippen molar-refractivity contribution in [2.24, 2.45) is 0 Å². The van der Waals surface area contributed by atoms with E-state index in [0.717, 1.165) is 34.5 Å². The van der Waals surface area contributed by atoms with E-state index >= 15 is 0 Å². The van der Waals surface area contributed by atoms with Crippen LogP contribution in [0, 0.1) is 0 Å². The largest absolute Gasteiger partial charge is 0.489 e. The number of benzene rings is 3. The van der Waals surface area contributed by atoms with E-state index in [4.69, 9.17) is 4.74 Å². The minimum absolute atomic E-state index is 0.0348. The summed E-state index contributed by atoms with van der Waals surface area (Å²) in [5.41, 5.74) is 3.97. The third kappa shape index (κ3) is 9.78. The van der Waals surface area contributed by atoms with Crippen LogP contribution in [0.1, 0.15) is 82.7 Å². The van der Waals surface area contributed by atoms with E-state index in [1.54, 1.807) is 4.90 Å². The Balaban J connectivity index is 0.00000124. The van der Waals surface area contributed by atoms with Crippen molar-refractivity contribution < 1.29 is 19.1 Å². The molecule has 236 valence electrons. The molecule has 0 saturated carbocycles. The average molecular weight is 600 g/mol. The molecule has 44 heavy (non-hydrogen) atoms. The quantitative estimate of drug-likeness (QED) is 0.279. The lowest BCUT2D eigenvalue weighted by Crippen LogP contribution is -2.50. The first-order valence-electron chi connectivity index (χ1n) is 15.6. The van der Waals surface area contributed by atoms with Gasteiger partial charge in [-0.25, -0.2) is 0 Å². The lowest BCUT2D eigenvalue weighted by molar-refractivity contribution is -0.142. The topological polar surface area (TPSA) is 79.0 Å². The summed E-state index contributed by atoms with van der Waals surface area (Å²) in [4.78, 5) is 41.2. The summed E-state index contributed by atoms with van der Waals surface area (Å²) in [6, 6.07) is 25.8. The number of fused-ring (bicyclic) bond motifs is 1. The Morgan fingerprint density at radius 2 is 1.48 bits per heavy atom. The molecule has 1 heterocycles. The summed E-state index contributed by atoms with van der Waals surface area (Å²) >= 11 is 0.